The van der Waals surface area contributed by atoms with E-state index in [9.17, 15) is 13.2 Å². The zero-order valence-corrected chi connectivity index (χ0v) is 11.1. The van der Waals surface area contributed by atoms with Gasteiger partial charge in [0.1, 0.15) is 4.88 Å². The topological polar surface area (TPSA) is 77.8 Å². The van der Waals surface area contributed by atoms with Crippen molar-refractivity contribution in [2.45, 2.75) is 6.18 Å². The van der Waals surface area contributed by atoms with Crippen molar-refractivity contribution in [3.05, 3.63) is 36.0 Å². The summed E-state index contributed by atoms with van der Waals surface area (Å²) in [7, 11) is 0. The average Bonchev–Trinajstić information content (AvgIpc) is 3.06. The maximum absolute atomic E-state index is 13.0. The fourth-order valence-electron chi connectivity index (χ4n) is 1.74. The Balaban J connectivity index is 2.05. The number of aromatic nitrogens is 3. The van der Waals surface area contributed by atoms with Gasteiger partial charge in [-0.3, -0.25) is 0 Å². The predicted octanol–water partition coefficient (Wildman–Crippen LogP) is 3.46. The van der Waals surface area contributed by atoms with Crippen LogP contribution in [-0.2, 0) is 6.18 Å². The first kappa shape index (κ1) is 13.6. The lowest BCUT2D eigenvalue weighted by molar-refractivity contribution is -0.137. The van der Waals surface area contributed by atoms with Crippen molar-refractivity contribution in [1.82, 2.24) is 15.1 Å². The molecule has 0 unspecified atom stereocenters. The number of thiazole rings is 1. The minimum atomic E-state index is -4.49. The second kappa shape index (κ2) is 4.85. The van der Waals surface area contributed by atoms with Crippen molar-refractivity contribution in [3.8, 4) is 22.2 Å². The highest BCUT2D eigenvalue weighted by Crippen LogP contribution is 2.36. The molecule has 0 saturated heterocycles. The van der Waals surface area contributed by atoms with E-state index in [1.54, 1.807) is 0 Å². The molecule has 1 aromatic carbocycles. The van der Waals surface area contributed by atoms with Crippen LogP contribution in [0.3, 0.4) is 0 Å². The fraction of sp³-hybridized carbons (Fsp3) is 0.0833. The number of halogens is 3. The van der Waals surface area contributed by atoms with E-state index in [1.807, 2.05) is 0 Å². The summed E-state index contributed by atoms with van der Waals surface area (Å²) in [6.45, 7) is 0. The third-order valence-electron chi connectivity index (χ3n) is 2.63. The van der Waals surface area contributed by atoms with Crippen molar-refractivity contribution >= 4 is 16.5 Å². The van der Waals surface area contributed by atoms with Gasteiger partial charge in [-0.05, 0) is 6.07 Å². The van der Waals surface area contributed by atoms with Crippen molar-refractivity contribution < 1.29 is 17.7 Å². The normalized spacial score (nSPS) is 11.8. The van der Waals surface area contributed by atoms with Crippen LogP contribution < -0.4 is 5.73 Å². The third kappa shape index (κ3) is 2.59. The van der Waals surface area contributed by atoms with Crippen LogP contribution in [0.15, 0.2) is 35.0 Å². The summed E-state index contributed by atoms with van der Waals surface area (Å²) < 4.78 is 43.8. The van der Waals surface area contributed by atoms with Gasteiger partial charge < -0.3 is 10.3 Å². The van der Waals surface area contributed by atoms with Gasteiger partial charge in [-0.15, -0.1) is 0 Å². The van der Waals surface area contributed by atoms with Crippen LogP contribution in [0.5, 0.6) is 0 Å². The zero-order chi connectivity index (χ0) is 15.0. The molecule has 2 aromatic heterocycles. The van der Waals surface area contributed by atoms with Gasteiger partial charge in [-0.1, -0.05) is 34.7 Å². The highest BCUT2D eigenvalue weighted by atomic mass is 32.1. The zero-order valence-electron chi connectivity index (χ0n) is 10.3. The first-order valence-electron chi connectivity index (χ1n) is 5.67. The third-order valence-corrected chi connectivity index (χ3v) is 3.45. The lowest BCUT2D eigenvalue weighted by Gasteiger charge is -2.09. The number of nitrogens with two attached hydrogens (primary N) is 1. The Kier molecular flexibility index (Phi) is 3.13. The summed E-state index contributed by atoms with van der Waals surface area (Å²) in [5, 5.41) is 3.90. The summed E-state index contributed by atoms with van der Waals surface area (Å²) in [6, 6.07) is 5.04. The predicted molar refractivity (Wildman–Crippen MR) is 70.3 cm³/mol. The quantitative estimate of drug-likeness (QED) is 0.784. The first-order valence-corrected chi connectivity index (χ1v) is 6.49. The summed E-state index contributed by atoms with van der Waals surface area (Å²) in [6.07, 6.45) is -3.07. The Morgan fingerprint density at radius 3 is 2.62 bits per heavy atom. The molecule has 0 aliphatic carbocycles. The minimum Gasteiger partial charge on any atom is -0.375 e. The standard InChI is InChI=1S/C12H7F3N4OS/c13-12(14,15)7-4-2-1-3-6(7)9-18-10(20-19-9)8-5-17-11(16)21-8/h1-5H,(H2,16,17). The molecule has 0 atom stereocenters. The molecule has 0 radical (unpaired) electrons. The number of rotatable bonds is 2. The van der Waals surface area contributed by atoms with Crippen LogP contribution in [0.2, 0.25) is 0 Å². The van der Waals surface area contributed by atoms with Gasteiger partial charge in [-0.2, -0.15) is 18.2 Å². The van der Waals surface area contributed by atoms with Gasteiger partial charge in [0.15, 0.2) is 5.13 Å². The van der Waals surface area contributed by atoms with Crippen LogP contribution >= 0.6 is 11.3 Å². The highest BCUT2D eigenvalue weighted by Gasteiger charge is 2.34. The average molecular weight is 312 g/mol. The summed E-state index contributed by atoms with van der Waals surface area (Å²) in [4.78, 5) is 8.29. The molecule has 2 N–H and O–H groups in total. The number of anilines is 1. The second-order valence-electron chi connectivity index (χ2n) is 4.03. The summed E-state index contributed by atoms with van der Waals surface area (Å²) in [5.41, 5.74) is 4.52. The highest BCUT2D eigenvalue weighted by molar-refractivity contribution is 7.18. The molecule has 0 saturated carbocycles. The van der Waals surface area contributed by atoms with Crippen LogP contribution in [-0.4, -0.2) is 15.1 Å². The number of nitrogens with zero attached hydrogens (tertiary/aromatic N) is 3. The van der Waals surface area contributed by atoms with E-state index in [4.69, 9.17) is 10.3 Å². The van der Waals surface area contributed by atoms with Crippen LogP contribution in [0.25, 0.3) is 22.2 Å². The maximum Gasteiger partial charge on any atom is 0.417 e. The molecule has 21 heavy (non-hydrogen) atoms. The van der Waals surface area contributed by atoms with Gasteiger partial charge in [0.2, 0.25) is 5.82 Å². The molecule has 3 aromatic rings. The lowest BCUT2D eigenvalue weighted by atomic mass is 10.1. The van der Waals surface area contributed by atoms with Crippen molar-refractivity contribution in [3.63, 3.8) is 0 Å². The molecular weight excluding hydrogens is 305 g/mol. The molecule has 0 fully saturated rings. The molecule has 0 aliphatic rings. The Bertz CT molecular complexity index is 781. The van der Waals surface area contributed by atoms with Gasteiger partial charge in [0, 0.05) is 5.56 Å². The van der Waals surface area contributed by atoms with E-state index in [-0.39, 0.29) is 17.3 Å². The maximum atomic E-state index is 13.0. The fourth-order valence-corrected chi connectivity index (χ4v) is 2.35. The van der Waals surface area contributed by atoms with Gasteiger partial charge in [0.05, 0.1) is 11.8 Å². The van der Waals surface area contributed by atoms with Gasteiger partial charge >= 0.3 is 6.18 Å². The largest absolute Gasteiger partial charge is 0.417 e. The molecule has 108 valence electrons. The Labute approximate surface area is 120 Å². The van der Waals surface area contributed by atoms with Crippen LogP contribution in [0, 0.1) is 0 Å². The molecule has 0 bridgehead atoms. The molecule has 0 amide bonds. The molecule has 3 rings (SSSR count). The monoisotopic (exact) mass is 312 g/mol. The lowest BCUT2D eigenvalue weighted by Crippen LogP contribution is -2.07. The Hall–Kier alpha value is -2.42. The van der Waals surface area contributed by atoms with Crippen molar-refractivity contribution in [2.75, 3.05) is 5.73 Å². The summed E-state index contributed by atoms with van der Waals surface area (Å²) in [5.74, 6) is -0.0546. The molecule has 5 nitrogen and oxygen atoms in total. The molecule has 9 heteroatoms. The molecule has 2 heterocycles. The van der Waals surface area contributed by atoms with Crippen molar-refractivity contribution in [2.24, 2.45) is 0 Å². The molecule has 0 spiro atoms. The SMILES string of the molecule is Nc1ncc(-c2nc(-c3ccccc3C(F)(F)F)no2)s1. The molecule has 0 aliphatic heterocycles. The van der Waals surface area contributed by atoms with Crippen LogP contribution in [0.1, 0.15) is 5.56 Å². The van der Waals surface area contributed by atoms with E-state index in [1.165, 1.54) is 24.4 Å². The van der Waals surface area contributed by atoms with Gasteiger partial charge in [-0.25, -0.2) is 4.98 Å². The number of alkyl halides is 3. The first-order chi connectivity index (χ1) is 9.95. The number of nitrogen functional groups attached to an aromatic ring is 1. The van der Waals surface area contributed by atoms with Crippen LogP contribution in [0.4, 0.5) is 18.3 Å². The number of hydrogen-bond acceptors (Lipinski definition) is 6. The van der Waals surface area contributed by atoms with Crippen molar-refractivity contribution in [1.29, 1.82) is 0 Å². The molecular formula is C12H7F3N4OS. The van der Waals surface area contributed by atoms with E-state index in [0.29, 0.717) is 10.0 Å². The van der Waals surface area contributed by atoms with E-state index in [2.05, 4.69) is 15.1 Å². The number of benzene rings is 1. The number of hydrogen-bond donors (Lipinski definition) is 1. The summed E-state index contributed by atoms with van der Waals surface area (Å²) >= 11 is 1.11. The second-order valence-corrected chi connectivity index (χ2v) is 5.09. The van der Waals surface area contributed by atoms with E-state index in [0.717, 1.165) is 17.4 Å². The minimum absolute atomic E-state index is 0.0798. The van der Waals surface area contributed by atoms with E-state index < -0.39 is 11.7 Å². The smallest absolute Gasteiger partial charge is 0.375 e. The Morgan fingerprint density at radius 2 is 1.95 bits per heavy atom. The van der Waals surface area contributed by atoms with Gasteiger partial charge in [0.25, 0.3) is 5.89 Å². The van der Waals surface area contributed by atoms with E-state index >= 15 is 0 Å². The Morgan fingerprint density at radius 1 is 1.19 bits per heavy atom.